The monoisotopic (exact) mass is 237 g/mol. The standard InChI is InChI=1S/C12H16FN3O/c13-10-3-1-2-8(6-14)11(10)16-5-4-9(7-16)12(15)17/h1-3,9H,4-7,14H2,(H2,15,17). The van der Waals surface area contributed by atoms with E-state index >= 15 is 0 Å². The third-order valence-corrected chi connectivity index (χ3v) is 3.20. The van der Waals surface area contributed by atoms with Gasteiger partial charge in [0, 0.05) is 19.6 Å². The van der Waals surface area contributed by atoms with E-state index in [1.54, 1.807) is 12.1 Å². The summed E-state index contributed by atoms with van der Waals surface area (Å²) in [6.07, 6.45) is 0.674. The Morgan fingerprint density at radius 3 is 2.88 bits per heavy atom. The van der Waals surface area contributed by atoms with Crippen molar-refractivity contribution in [1.82, 2.24) is 0 Å². The van der Waals surface area contributed by atoms with Gasteiger partial charge in [0.2, 0.25) is 5.91 Å². The number of rotatable bonds is 3. The van der Waals surface area contributed by atoms with Gasteiger partial charge in [-0.05, 0) is 18.1 Å². The van der Waals surface area contributed by atoms with Gasteiger partial charge in [0.15, 0.2) is 0 Å². The van der Waals surface area contributed by atoms with Gasteiger partial charge in [-0.1, -0.05) is 12.1 Å². The Kier molecular flexibility index (Phi) is 3.28. The van der Waals surface area contributed by atoms with Gasteiger partial charge in [0.05, 0.1) is 11.6 Å². The molecule has 1 aliphatic heterocycles. The zero-order chi connectivity index (χ0) is 12.4. The summed E-state index contributed by atoms with van der Waals surface area (Å²) in [5.41, 5.74) is 12.1. The molecular weight excluding hydrogens is 221 g/mol. The number of carbonyl (C=O) groups excluding carboxylic acids is 1. The third kappa shape index (κ3) is 2.24. The summed E-state index contributed by atoms with van der Waals surface area (Å²) in [5.74, 6) is -0.809. The molecule has 1 aliphatic rings. The van der Waals surface area contributed by atoms with E-state index in [2.05, 4.69) is 0 Å². The Balaban J connectivity index is 2.26. The van der Waals surface area contributed by atoms with Gasteiger partial charge in [-0.15, -0.1) is 0 Å². The van der Waals surface area contributed by atoms with E-state index in [0.29, 0.717) is 25.2 Å². The molecule has 4 nitrogen and oxygen atoms in total. The zero-order valence-electron chi connectivity index (χ0n) is 9.53. The summed E-state index contributed by atoms with van der Waals surface area (Å²) in [6.45, 7) is 1.40. The predicted octanol–water partition coefficient (Wildman–Crippen LogP) is 0.596. The van der Waals surface area contributed by atoms with Crippen molar-refractivity contribution in [2.75, 3.05) is 18.0 Å². The lowest BCUT2D eigenvalue weighted by molar-refractivity contribution is -0.121. The molecule has 1 fully saturated rings. The highest BCUT2D eigenvalue weighted by Crippen LogP contribution is 2.29. The maximum absolute atomic E-state index is 13.8. The molecule has 1 aromatic rings. The minimum Gasteiger partial charge on any atom is -0.369 e. The van der Waals surface area contributed by atoms with Crippen LogP contribution in [0.15, 0.2) is 18.2 Å². The number of anilines is 1. The van der Waals surface area contributed by atoms with Crippen molar-refractivity contribution in [3.05, 3.63) is 29.6 Å². The molecular formula is C12H16FN3O. The summed E-state index contributed by atoms with van der Waals surface area (Å²) in [4.78, 5) is 12.9. The number of benzene rings is 1. The fraction of sp³-hybridized carbons (Fsp3) is 0.417. The minimum atomic E-state index is -0.321. The molecule has 1 saturated heterocycles. The molecule has 0 radical (unpaired) electrons. The summed E-state index contributed by atoms with van der Waals surface area (Å²) < 4.78 is 13.8. The van der Waals surface area contributed by atoms with Crippen LogP contribution in [0.4, 0.5) is 10.1 Å². The molecule has 1 amide bonds. The average Bonchev–Trinajstić information content (AvgIpc) is 2.77. The number of halogens is 1. The van der Waals surface area contributed by atoms with Crippen molar-refractivity contribution in [3.8, 4) is 0 Å². The Morgan fingerprint density at radius 2 is 2.29 bits per heavy atom. The normalized spacial score (nSPS) is 19.6. The molecule has 0 aliphatic carbocycles. The van der Waals surface area contributed by atoms with Crippen molar-refractivity contribution in [1.29, 1.82) is 0 Å². The molecule has 4 N–H and O–H groups in total. The Labute approximate surface area is 99.4 Å². The van der Waals surface area contributed by atoms with Crippen LogP contribution in [0.3, 0.4) is 0 Å². The number of nitrogens with two attached hydrogens (primary N) is 2. The molecule has 5 heteroatoms. The first-order valence-corrected chi connectivity index (χ1v) is 5.65. The van der Waals surface area contributed by atoms with Crippen LogP contribution in [0.5, 0.6) is 0 Å². The fourth-order valence-corrected chi connectivity index (χ4v) is 2.27. The summed E-state index contributed by atoms with van der Waals surface area (Å²) in [6, 6.07) is 4.85. The van der Waals surface area contributed by atoms with Crippen LogP contribution in [0.25, 0.3) is 0 Å². The first-order valence-electron chi connectivity index (χ1n) is 5.65. The predicted molar refractivity (Wildman–Crippen MR) is 63.8 cm³/mol. The van der Waals surface area contributed by atoms with Crippen molar-refractivity contribution < 1.29 is 9.18 Å². The molecule has 0 bridgehead atoms. The lowest BCUT2D eigenvalue weighted by Gasteiger charge is -2.22. The number of nitrogens with zero attached hydrogens (tertiary/aromatic N) is 1. The van der Waals surface area contributed by atoms with Gasteiger partial charge in [-0.2, -0.15) is 0 Å². The fourth-order valence-electron chi connectivity index (χ4n) is 2.27. The molecule has 0 spiro atoms. The molecule has 1 unspecified atom stereocenters. The Morgan fingerprint density at radius 1 is 1.53 bits per heavy atom. The third-order valence-electron chi connectivity index (χ3n) is 3.20. The summed E-state index contributed by atoms with van der Waals surface area (Å²) in [5, 5.41) is 0. The molecule has 1 heterocycles. The number of primary amides is 1. The summed E-state index contributed by atoms with van der Waals surface area (Å²) in [7, 11) is 0. The first kappa shape index (κ1) is 11.9. The van der Waals surface area contributed by atoms with Crippen molar-refractivity contribution in [2.45, 2.75) is 13.0 Å². The highest BCUT2D eigenvalue weighted by Gasteiger charge is 2.29. The molecule has 0 aromatic heterocycles. The van der Waals surface area contributed by atoms with Gasteiger partial charge in [-0.25, -0.2) is 4.39 Å². The second-order valence-corrected chi connectivity index (χ2v) is 4.29. The van der Waals surface area contributed by atoms with Crippen LogP contribution < -0.4 is 16.4 Å². The maximum atomic E-state index is 13.8. The molecule has 1 atom stereocenters. The molecule has 92 valence electrons. The molecule has 2 rings (SSSR count). The van der Waals surface area contributed by atoms with Gasteiger partial charge in [-0.3, -0.25) is 4.79 Å². The van der Waals surface area contributed by atoms with Gasteiger partial charge in [0.1, 0.15) is 5.82 Å². The van der Waals surface area contributed by atoms with Crippen LogP contribution in [0.1, 0.15) is 12.0 Å². The number of hydrogen-bond acceptors (Lipinski definition) is 3. The van der Waals surface area contributed by atoms with Crippen LogP contribution in [-0.2, 0) is 11.3 Å². The van der Waals surface area contributed by atoms with Crippen molar-refractivity contribution >= 4 is 11.6 Å². The highest BCUT2D eigenvalue weighted by atomic mass is 19.1. The summed E-state index contributed by atoms with van der Waals surface area (Å²) >= 11 is 0. The average molecular weight is 237 g/mol. The lowest BCUT2D eigenvalue weighted by Crippen LogP contribution is -2.28. The van der Waals surface area contributed by atoms with Crippen molar-refractivity contribution in [2.24, 2.45) is 17.4 Å². The van der Waals surface area contributed by atoms with Crippen molar-refractivity contribution in [3.63, 3.8) is 0 Å². The Hall–Kier alpha value is -1.62. The second kappa shape index (κ2) is 4.71. The number of amides is 1. The lowest BCUT2D eigenvalue weighted by atomic mass is 10.1. The molecule has 0 saturated carbocycles. The minimum absolute atomic E-state index is 0.194. The quantitative estimate of drug-likeness (QED) is 0.808. The second-order valence-electron chi connectivity index (χ2n) is 4.29. The van der Waals surface area contributed by atoms with E-state index in [9.17, 15) is 9.18 Å². The largest absolute Gasteiger partial charge is 0.369 e. The molecule has 17 heavy (non-hydrogen) atoms. The smallest absolute Gasteiger partial charge is 0.222 e. The van der Waals surface area contributed by atoms with Crippen LogP contribution >= 0.6 is 0 Å². The Bertz CT molecular complexity index is 436. The first-order chi connectivity index (χ1) is 8.13. The number of hydrogen-bond donors (Lipinski definition) is 2. The van der Waals surface area contributed by atoms with Gasteiger partial charge < -0.3 is 16.4 Å². The number of carbonyl (C=O) groups is 1. The van der Waals surface area contributed by atoms with E-state index in [-0.39, 0.29) is 24.2 Å². The van der Waals surface area contributed by atoms with E-state index in [1.165, 1.54) is 6.07 Å². The van der Waals surface area contributed by atoms with E-state index in [4.69, 9.17) is 11.5 Å². The topological polar surface area (TPSA) is 72.3 Å². The number of para-hydroxylation sites is 1. The van der Waals surface area contributed by atoms with E-state index < -0.39 is 0 Å². The van der Waals surface area contributed by atoms with Gasteiger partial charge in [0.25, 0.3) is 0 Å². The SMILES string of the molecule is NCc1cccc(F)c1N1CCC(C(N)=O)C1. The van der Waals surface area contributed by atoms with Crippen LogP contribution in [0.2, 0.25) is 0 Å². The molecule has 1 aromatic carbocycles. The van der Waals surface area contributed by atoms with Crippen LogP contribution in [0, 0.1) is 11.7 Å². The highest BCUT2D eigenvalue weighted by molar-refractivity contribution is 5.78. The van der Waals surface area contributed by atoms with Crippen LogP contribution in [-0.4, -0.2) is 19.0 Å². The zero-order valence-corrected chi connectivity index (χ0v) is 9.53. The van der Waals surface area contributed by atoms with E-state index in [1.807, 2.05) is 4.90 Å². The van der Waals surface area contributed by atoms with Gasteiger partial charge >= 0.3 is 0 Å². The van der Waals surface area contributed by atoms with E-state index in [0.717, 1.165) is 5.56 Å². The maximum Gasteiger partial charge on any atom is 0.222 e.